The van der Waals surface area contributed by atoms with Crippen LogP contribution in [0.1, 0.15) is 24.5 Å². The lowest BCUT2D eigenvalue weighted by Crippen LogP contribution is -2.50. The summed E-state index contributed by atoms with van der Waals surface area (Å²) >= 11 is 3.64. The van der Waals surface area contributed by atoms with Gasteiger partial charge in [-0.05, 0) is 61.7 Å². The van der Waals surface area contributed by atoms with E-state index in [1.54, 1.807) is 6.20 Å². The molecule has 0 unspecified atom stereocenters. The number of nitrogens with zero attached hydrogens (tertiary/aromatic N) is 4. The minimum atomic E-state index is -0.0525. The van der Waals surface area contributed by atoms with E-state index in [9.17, 15) is 5.26 Å². The Kier molecular flexibility index (Phi) is 5.01. The molecule has 0 radical (unpaired) electrons. The van der Waals surface area contributed by atoms with Gasteiger partial charge in [0, 0.05) is 40.5 Å². The SMILES string of the molecule is C[C@@H]1CN(c2ccc(C#N)c3ncccc23)C[C@H](C2=Nc3cccc(Br)c3CC2)O1. The molecule has 1 saturated heterocycles. The predicted octanol–water partition coefficient (Wildman–Crippen LogP) is 5.18. The largest absolute Gasteiger partial charge is 0.366 e. The zero-order chi connectivity index (χ0) is 20.7. The second kappa shape index (κ2) is 7.82. The lowest BCUT2D eigenvalue weighted by molar-refractivity contribution is 0.0196. The summed E-state index contributed by atoms with van der Waals surface area (Å²) in [5, 5.41) is 10.5. The molecular weight excluding hydrogens is 440 g/mol. The molecule has 2 aliphatic heterocycles. The van der Waals surface area contributed by atoms with E-state index in [1.807, 2.05) is 30.3 Å². The number of anilines is 1. The number of hydrogen-bond donors (Lipinski definition) is 0. The van der Waals surface area contributed by atoms with E-state index in [4.69, 9.17) is 9.73 Å². The van der Waals surface area contributed by atoms with Gasteiger partial charge in [-0.25, -0.2) is 0 Å². The molecule has 0 amide bonds. The van der Waals surface area contributed by atoms with Crippen LogP contribution in [0.3, 0.4) is 0 Å². The van der Waals surface area contributed by atoms with E-state index in [2.05, 4.69) is 50.9 Å². The number of morpholine rings is 1. The van der Waals surface area contributed by atoms with Gasteiger partial charge in [0.2, 0.25) is 0 Å². The number of pyridine rings is 1. The highest BCUT2D eigenvalue weighted by Crippen LogP contribution is 2.35. The highest BCUT2D eigenvalue weighted by molar-refractivity contribution is 9.10. The topological polar surface area (TPSA) is 61.5 Å². The van der Waals surface area contributed by atoms with Crippen LogP contribution in [0.5, 0.6) is 0 Å². The monoisotopic (exact) mass is 460 g/mol. The van der Waals surface area contributed by atoms with E-state index in [0.29, 0.717) is 5.56 Å². The first-order chi connectivity index (χ1) is 14.6. The summed E-state index contributed by atoms with van der Waals surface area (Å²) in [5.41, 5.74) is 5.86. The van der Waals surface area contributed by atoms with Gasteiger partial charge in [0.05, 0.1) is 22.9 Å². The maximum Gasteiger partial charge on any atom is 0.113 e. The van der Waals surface area contributed by atoms with Crippen molar-refractivity contribution >= 4 is 43.9 Å². The second-order valence-corrected chi connectivity index (χ2v) is 8.68. The Morgan fingerprint density at radius 1 is 1.13 bits per heavy atom. The van der Waals surface area contributed by atoms with Gasteiger partial charge in [0.25, 0.3) is 0 Å². The van der Waals surface area contributed by atoms with Gasteiger partial charge in [-0.1, -0.05) is 22.0 Å². The Morgan fingerprint density at radius 3 is 2.90 bits per heavy atom. The molecule has 2 aliphatic rings. The molecule has 3 aromatic rings. The number of benzene rings is 2. The van der Waals surface area contributed by atoms with Crippen LogP contribution in [0.25, 0.3) is 10.9 Å². The summed E-state index contributed by atoms with van der Waals surface area (Å²) in [4.78, 5) is 11.8. The summed E-state index contributed by atoms with van der Waals surface area (Å²) in [6.07, 6.45) is 3.63. The Balaban J connectivity index is 1.50. The third kappa shape index (κ3) is 3.38. The average molecular weight is 461 g/mol. The lowest BCUT2D eigenvalue weighted by Gasteiger charge is -2.39. The quantitative estimate of drug-likeness (QED) is 0.528. The molecule has 5 rings (SSSR count). The summed E-state index contributed by atoms with van der Waals surface area (Å²) in [6, 6.07) is 16.3. The molecule has 0 saturated carbocycles. The summed E-state index contributed by atoms with van der Waals surface area (Å²) in [5.74, 6) is 0. The Labute approximate surface area is 184 Å². The van der Waals surface area contributed by atoms with E-state index in [-0.39, 0.29) is 12.2 Å². The molecule has 6 heteroatoms. The summed E-state index contributed by atoms with van der Waals surface area (Å²) < 4.78 is 7.45. The van der Waals surface area contributed by atoms with Gasteiger partial charge < -0.3 is 9.64 Å². The number of aliphatic imine (C=N–C) groups is 1. The molecule has 30 heavy (non-hydrogen) atoms. The smallest absolute Gasteiger partial charge is 0.113 e. The van der Waals surface area contributed by atoms with Crippen molar-refractivity contribution in [3.8, 4) is 6.07 Å². The molecule has 3 heterocycles. The van der Waals surface area contributed by atoms with E-state index in [0.717, 1.165) is 58.4 Å². The Bertz CT molecular complexity index is 1200. The average Bonchev–Trinajstić information content (AvgIpc) is 2.78. The van der Waals surface area contributed by atoms with Crippen molar-refractivity contribution in [2.24, 2.45) is 4.99 Å². The summed E-state index contributed by atoms with van der Waals surface area (Å²) in [6.45, 7) is 3.64. The highest BCUT2D eigenvalue weighted by Gasteiger charge is 2.31. The maximum atomic E-state index is 9.45. The van der Waals surface area contributed by atoms with E-state index in [1.165, 1.54) is 5.56 Å². The van der Waals surface area contributed by atoms with Crippen molar-refractivity contribution < 1.29 is 4.74 Å². The number of fused-ring (bicyclic) bond motifs is 2. The number of halogens is 1. The molecule has 0 spiro atoms. The highest BCUT2D eigenvalue weighted by atomic mass is 79.9. The predicted molar refractivity (Wildman–Crippen MR) is 123 cm³/mol. The van der Waals surface area contributed by atoms with Crippen molar-refractivity contribution in [2.45, 2.75) is 32.0 Å². The Morgan fingerprint density at radius 2 is 2.03 bits per heavy atom. The second-order valence-electron chi connectivity index (χ2n) is 7.82. The fourth-order valence-corrected chi connectivity index (χ4v) is 5.01. The van der Waals surface area contributed by atoms with Crippen molar-refractivity contribution in [2.75, 3.05) is 18.0 Å². The minimum absolute atomic E-state index is 0.0525. The van der Waals surface area contributed by atoms with E-state index >= 15 is 0 Å². The van der Waals surface area contributed by atoms with Crippen molar-refractivity contribution in [3.63, 3.8) is 0 Å². The molecule has 1 aromatic heterocycles. The molecule has 1 fully saturated rings. The van der Waals surface area contributed by atoms with Gasteiger partial charge in [-0.2, -0.15) is 5.26 Å². The third-order valence-corrected chi connectivity index (χ3v) is 6.57. The number of rotatable bonds is 2. The first kappa shape index (κ1) is 19.2. The van der Waals surface area contributed by atoms with E-state index < -0.39 is 0 Å². The first-order valence-electron chi connectivity index (χ1n) is 10.2. The lowest BCUT2D eigenvalue weighted by atomic mass is 9.97. The molecular formula is C24H21BrN4O. The molecule has 0 N–H and O–H groups in total. The van der Waals surface area contributed by atoms with Crippen LogP contribution < -0.4 is 4.90 Å². The van der Waals surface area contributed by atoms with Crippen LogP contribution in [0.4, 0.5) is 11.4 Å². The number of hydrogen-bond acceptors (Lipinski definition) is 5. The minimum Gasteiger partial charge on any atom is -0.366 e. The molecule has 2 atom stereocenters. The molecule has 150 valence electrons. The molecule has 2 aromatic carbocycles. The number of nitriles is 1. The third-order valence-electron chi connectivity index (χ3n) is 5.83. The first-order valence-corrected chi connectivity index (χ1v) is 11.0. The number of aromatic nitrogens is 1. The summed E-state index contributed by atoms with van der Waals surface area (Å²) in [7, 11) is 0. The van der Waals surface area contributed by atoms with Gasteiger partial charge >= 0.3 is 0 Å². The van der Waals surface area contributed by atoms with Crippen LogP contribution in [-0.4, -0.2) is 36.0 Å². The van der Waals surface area contributed by atoms with Crippen LogP contribution >= 0.6 is 15.9 Å². The van der Waals surface area contributed by atoms with Crippen molar-refractivity contribution in [3.05, 3.63) is 64.3 Å². The van der Waals surface area contributed by atoms with Crippen LogP contribution in [0, 0.1) is 11.3 Å². The van der Waals surface area contributed by atoms with Gasteiger partial charge in [0.1, 0.15) is 12.2 Å². The Hall–Kier alpha value is -2.75. The fourth-order valence-electron chi connectivity index (χ4n) is 4.45. The normalized spacial score (nSPS) is 21.1. The molecule has 0 bridgehead atoms. The van der Waals surface area contributed by atoms with Gasteiger partial charge in [-0.15, -0.1) is 0 Å². The van der Waals surface area contributed by atoms with Crippen molar-refractivity contribution in [1.29, 1.82) is 5.26 Å². The standard InChI is InChI=1S/C24H21BrN4O/c1-15-13-29(22-10-7-16(12-26)24-18(22)4-3-11-27-24)14-23(30-15)21-9-8-17-19(25)5-2-6-20(17)28-21/h2-7,10-11,15,23H,8-9,13-14H2,1H3/t15-,23-/m1/s1. The van der Waals surface area contributed by atoms with Crippen LogP contribution in [-0.2, 0) is 11.2 Å². The zero-order valence-electron chi connectivity index (χ0n) is 16.7. The fraction of sp³-hybridized carbons (Fsp3) is 0.292. The number of ether oxygens (including phenoxy) is 1. The molecule has 0 aliphatic carbocycles. The molecule has 5 nitrogen and oxygen atoms in total. The zero-order valence-corrected chi connectivity index (χ0v) is 18.3. The maximum absolute atomic E-state index is 9.45. The van der Waals surface area contributed by atoms with Crippen molar-refractivity contribution in [1.82, 2.24) is 4.98 Å². The van der Waals surface area contributed by atoms with Crippen LogP contribution in [0.2, 0.25) is 0 Å². The van der Waals surface area contributed by atoms with Gasteiger partial charge in [-0.3, -0.25) is 9.98 Å². The van der Waals surface area contributed by atoms with Crippen LogP contribution in [0.15, 0.2) is 58.1 Å². The van der Waals surface area contributed by atoms with Gasteiger partial charge in [0.15, 0.2) is 0 Å².